The minimum atomic E-state index is 0.0921. The van der Waals surface area contributed by atoms with E-state index in [2.05, 4.69) is 13.0 Å². The highest BCUT2D eigenvalue weighted by atomic mass is 16.5. The van der Waals surface area contributed by atoms with Gasteiger partial charge in [0, 0.05) is 0 Å². The molecule has 0 saturated carbocycles. The number of phenolic OH excluding ortho intramolecular Hbond substituents is 1. The molecule has 2 rings (SSSR count). The first kappa shape index (κ1) is 18.5. The highest BCUT2D eigenvalue weighted by molar-refractivity contribution is 5.83. The molecule has 2 aromatic rings. The Morgan fingerprint density at radius 3 is 1.88 bits per heavy atom. The van der Waals surface area contributed by atoms with E-state index in [1.807, 2.05) is 18.2 Å². The molecule has 0 bridgehead atoms. The van der Waals surface area contributed by atoms with E-state index >= 15 is 0 Å². The van der Waals surface area contributed by atoms with Crippen molar-refractivity contribution in [1.29, 1.82) is 0 Å². The molecule has 0 aromatic heterocycles. The smallest absolute Gasteiger partial charge is 0.203 e. The SMILES string of the molecule is CC/C=C(\c1ccc(OC)c(O)c1)c1cc(OC)c(OC)c(OC)c1. The highest BCUT2D eigenvalue weighted by Crippen LogP contribution is 2.42. The van der Waals surface area contributed by atoms with Gasteiger partial charge < -0.3 is 24.1 Å². The monoisotopic (exact) mass is 344 g/mol. The van der Waals surface area contributed by atoms with Crippen LogP contribution in [0.1, 0.15) is 24.5 Å². The van der Waals surface area contributed by atoms with Crippen molar-refractivity contribution in [3.05, 3.63) is 47.5 Å². The number of aromatic hydroxyl groups is 1. The Labute approximate surface area is 148 Å². The third kappa shape index (κ3) is 3.82. The van der Waals surface area contributed by atoms with Gasteiger partial charge in [-0.05, 0) is 47.4 Å². The molecule has 0 unspecified atom stereocenters. The molecule has 0 atom stereocenters. The second-order valence-corrected chi connectivity index (χ2v) is 5.33. The quantitative estimate of drug-likeness (QED) is 0.813. The van der Waals surface area contributed by atoms with Crippen LogP contribution in [0.2, 0.25) is 0 Å². The van der Waals surface area contributed by atoms with Crippen molar-refractivity contribution >= 4 is 5.57 Å². The number of methoxy groups -OCH3 is 4. The van der Waals surface area contributed by atoms with Crippen LogP contribution in [0.3, 0.4) is 0 Å². The Bertz CT molecular complexity index is 740. The van der Waals surface area contributed by atoms with Gasteiger partial charge in [-0.1, -0.05) is 19.1 Å². The summed E-state index contributed by atoms with van der Waals surface area (Å²) in [6.45, 7) is 2.06. The third-order valence-corrected chi connectivity index (χ3v) is 3.87. The van der Waals surface area contributed by atoms with E-state index in [4.69, 9.17) is 18.9 Å². The molecule has 0 saturated heterocycles. The maximum absolute atomic E-state index is 10.1. The molecule has 134 valence electrons. The van der Waals surface area contributed by atoms with Crippen LogP contribution in [0.5, 0.6) is 28.7 Å². The second kappa shape index (κ2) is 8.33. The average Bonchev–Trinajstić information content (AvgIpc) is 2.64. The van der Waals surface area contributed by atoms with Gasteiger partial charge in [0.15, 0.2) is 23.0 Å². The second-order valence-electron chi connectivity index (χ2n) is 5.33. The van der Waals surface area contributed by atoms with Crippen LogP contribution in [-0.4, -0.2) is 33.5 Å². The summed E-state index contributed by atoms with van der Waals surface area (Å²) in [6.07, 6.45) is 2.92. The van der Waals surface area contributed by atoms with Gasteiger partial charge in [0.2, 0.25) is 5.75 Å². The van der Waals surface area contributed by atoms with Crippen LogP contribution in [-0.2, 0) is 0 Å². The Hall–Kier alpha value is -2.82. The fourth-order valence-corrected chi connectivity index (χ4v) is 2.70. The van der Waals surface area contributed by atoms with Gasteiger partial charge in [0.1, 0.15) is 0 Å². The molecule has 25 heavy (non-hydrogen) atoms. The summed E-state index contributed by atoms with van der Waals surface area (Å²) in [4.78, 5) is 0. The van der Waals surface area contributed by atoms with Gasteiger partial charge in [0.05, 0.1) is 28.4 Å². The molecule has 0 aliphatic heterocycles. The maximum atomic E-state index is 10.1. The van der Waals surface area contributed by atoms with Gasteiger partial charge in [-0.2, -0.15) is 0 Å². The number of benzene rings is 2. The summed E-state index contributed by atoms with van der Waals surface area (Å²) in [5.41, 5.74) is 2.73. The first-order valence-electron chi connectivity index (χ1n) is 7.97. The van der Waals surface area contributed by atoms with E-state index in [1.54, 1.807) is 33.5 Å². The van der Waals surface area contributed by atoms with Crippen LogP contribution in [0.25, 0.3) is 5.57 Å². The summed E-state index contributed by atoms with van der Waals surface area (Å²) in [5.74, 6) is 2.23. The van der Waals surface area contributed by atoms with Gasteiger partial charge in [-0.15, -0.1) is 0 Å². The first-order valence-corrected chi connectivity index (χ1v) is 7.97. The molecule has 0 spiro atoms. The molecule has 5 nitrogen and oxygen atoms in total. The normalized spacial score (nSPS) is 11.2. The van der Waals surface area contributed by atoms with E-state index in [-0.39, 0.29) is 5.75 Å². The fraction of sp³-hybridized carbons (Fsp3) is 0.300. The van der Waals surface area contributed by atoms with Crippen molar-refractivity contribution in [3.63, 3.8) is 0 Å². The molecule has 0 heterocycles. The van der Waals surface area contributed by atoms with Crippen molar-refractivity contribution < 1.29 is 24.1 Å². The number of allylic oxidation sites excluding steroid dienone is 1. The predicted octanol–water partition coefficient (Wildman–Crippen LogP) is 4.27. The Balaban J connectivity index is 2.62. The maximum Gasteiger partial charge on any atom is 0.203 e. The summed E-state index contributed by atoms with van der Waals surface area (Å²) in [7, 11) is 6.27. The fourth-order valence-electron chi connectivity index (χ4n) is 2.70. The molecular formula is C20H24O5. The molecule has 0 aliphatic carbocycles. The molecule has 0 aliphatic rings. The van der Waals surface area contributed by atoms with Crippen molar-refractivity contribution in [3.8, 4) is 28.7 Å². The van der Waals surface area contributed by atoms with Crippen molar-refractivity contribution in [2.24, 2.45) is 0 Å². The molecule has 0 fully saturated rings. The zero-order chi connectivity index (χ0) is 18.4. The third-order valence-electron chi connectivity index (χ3n) is 3.87. The summed E-state index contributed by atoms with van der Waals surface area (Å²) >= 11 is 0. The lowest BCUT2D eigenvalue weighted by Crippen LogP contribution is -1.98. The van der Waals surface area contributed by atoms with E-state index in [9.17, 15) is 5.11 Å². The van der Waals surface area contributed by atoms with Gasteiger partial charge in [-0.3, -0.25) is 0 Å². The topological polar surface area (TPSA) is 57.2 Å². The summed E-state index contributed by atoms with van der Waals surface area (Å²) < 4.78 is 21.4. The standard InChI is InChI=1S/C20H24O5/c1-6-7-15(13-8-9-17(22-2)16(21)10-13)14-11-18(23-3)20(25-5)19(12-14)24-4/h7-12,21H,6H2,1-5H3/b15-7+. The highest BCUT2D eigenvalue weighted by Gasteiger charge is 2.16. The van der Waals surface area contributed by atoms with Crippen LogP contribution in [0, 0.1) is 0 Å². The molecule has 5 heteroatoms. The van der Waals surface area contributed by atoms with E-state index in [0.717, 1.165) is 23.1 Å². The lowest BCUT2D eigenvalue weighted by Gasteiger charge is -2.16. The Morgan fingerprint density at radius 1 is 0.840 bits per heavy atom. The minimum Gasteiger partial charge on any atom is -0.504 e. The minimum absolute atomic E-state index is 0.0921. The average molecular weight is 344 g/mol. The zero-order valence-corrected chi connectivity index (χ0v) is 15.3. The van der Waals surface area contributed by atoms with Gasteiger partial charge >= 0.3 is 0 Å². The van der Waals surface area contributed by atoms with E-state index in [0.29, 0.717) is 23.0 Å². The van der Waals surface area contributed by atoms with Crippen LogP contribution < -0.4 is 18.9 Å². The molecular weight excluding hydrogens is 320 g/mol. The van der Waals surface area contributed by atoms with E-state index < -0.39 is 0 Å². The number of hydrogen-bond donors (Lipinski definition) is 1. The summed E-state index contributed by atoms with van der Waals surface area (Å²) in [5, 5.41) is 10.1. The number of rotatable bonds is 7. The largest absolute Gasteiger partial charge is 0.504 e. The zero-order valence-electron chi connectivity index (χ0n) is 15.3. The number of ether oxygens (including phenoxy) is 4. The predicted molar refractivity (Wildman–Crippen MR) is 98.1 cm³/mol. The summed E-state index contributed by atoms with van der Waals surface area (Å²) in [6, 6.07) is 9.12. The van der Waals surface area contributed by atoms with Crippen LogP contribution in [0.4, 0.5) is 0 Å². The van der Waals surface area contributed by atoms with Crippen LogP contribution in [0.15, 0.2) is 36.4 Å². The molecule has 1 N–H and O–H groups in total. The van der Waals surface area contributed by atoms with E-state index in [1.165, 1.54) is 7.11 Å². The lowest BCUT2D eigenvalue weighted by molar-refractivity contribution is 0.324. The number of phenols is 1. The number of hydrogen-bond acceptors (Lipinski definition) is 5. The van der Waals surface area contributed by atoms with Crippen molar-refractivity contribution in [1.82, 2.24) is 0 Å². The van der Waals surface area contributed by atoms with Gasteiger partial charge in [0.25, 0.3) is 0 Å². The molecule has 0 amide bonds. The molecule has 0 radical (unpaired) electrons. The Morgan fingerprint density at radius 2 is 1.44 bits per heavy atom. The van der Waals surface area contributed by atoms with Crippen molar-refractivity contribution in [2.45, 2.75) is 13.3 Å². The Kier molecular flexibility index (Phi) is 6.17. The van der Waals surface area contributed by atoms with Crippen molar-refractivity contribution in [2.75, 3.05) is 28.4 Å². The molecule has 2 aromatic carbocycles. The lowest BCUT2D eigenvalue weighted by atomic mass is 9.95. The van der Waals surface area contributed by atoms with Gasteiger partial charge in [-0.25, -0.2) is 0 Å². The van der Waals surface area contributed by atoms with Crippen LogP contribution >= 0.6 is 0 Å². The first-order chi connectivity index (χ1) is 12.1.